The number of carbonyl (C=O) groups is 1. The van der Waals surface area contributed by atoms with Crippen LogP contribution in [0.4, 0.5) is 39.5 Å². The molecule has 0 amide bonds. The van der Waals surface area contributed by atoms with Crippen LogP contribution >= 0.6 is 0 Å². The van der Waals surface area contributed by atoms with Gasteiger partial charge in [-0.3, -0.25) is 0 Å². The number of rotatable bonds is 3. The lowest BCUT2D eigenvalue weighted by molar-refractivity contribution is -0.386. The molecule has 0 rings (SSSR count). The molecule has 0 radical (unpaired) electrons. The molecule has 112 valence electrons. The van der Waals surface area contributed by atoms with E-state index in [9.17, 15) is 44.3 Å². The highest BCUT2D eigenvalue weighted by Gasteiger charge is 2.83. The van der Waals surface area contributed by atoms with E-state index < -0.39 is 42.1 Å². The maximum absolute atomic E-state index is 12.9. The maximum atomic E-state index is 12.9. The van der Waals surface area contributed by atoms with E-state index in [1.54, 1.807) is 0 Å². The average molecular weight is 304 g/mol. The minimum Gasteiger partial charge on any atom is -0.466 e. The molecule has 0 saturated carbocycles. The molecular weight excluding hydrogens is 299 g/mol. The van der Waals surface area contributed by atoms with Gasteiger partial charge in [0.25, 0.3) is 0 Å². The van der Waals surface area contributed by atoms with E-state index in [2.05, 4.69) is 4.74 Å². The van der Waals surface area contributed by atoms with Crippen molar-refractivity contribution >= 4 is 5.97 Å². The number of alkyl halides is 9. The van der Waals surface area contributed by atoms with Gasteiger partial charge >= 0.3 is 29.9 Å². The second-order valence-electron chi connectivity index (χ2n) is 3.13. The summed E-state index contributed by atoms with van der Waals surface area (Å²) in [7, 11) is 0.626. The summed E-state index contributed by atoms with van der Waals surface area (Å²) in [4.78, 5) is 10.4. The molecule has 0 bridgehead atoms. The van der Waals surface area contributed by atoms with Gasteiger partial charge in [-0.05, 0) is 6.08 Å². The second-order valence-corrected chi connectivity index (χ2v) is 3.13. The summed E-state index contributed by atoms with van der Waals surface area (Å²) in [6, 6.07) is 0. The third-order valence-electron chi connectivity index (χ3n) is 1.87. The Bertz CT molecular complexity index is 351. The number of carbonyl (C=O) groups excluding carboxylic acids is 1. The van der Waals surface area contributed by atoms with Crippen molar-refractivity contribution in [1.82, 2.24) is 0 Å². The zero-order valence-electron chi connectivity index (χ0n) is 8.87. The minimum atomic E-state index is -6.94. The van der Waals surface area contributed by atoms with Crippen LogP contribution in [0.15, 0.2) is 12.2 Å². The van der Waals surface area contributed by atoms with Crippen LogP contribution in [0.1, 0.15) is 0 Å². The highest BCUT2D eigenvalue weighted by molar-refractivity contribution is 5.81. The van der Waals surface area contributed by atoms with Gasteiger partial charge in [-0.1, -0.05) is 0 Å². The summed E-state index contributed by atoms with van der Waals surface area (Å²) in [5, 5.41) is 0. The highest BCUT2D eigenvalue weighted by atomic mass is 19.4. The first kappa shape index (κ1) is 17.6. The van der Waals surface area contributed by atoms with Gasteiger partial charge in [0.2, 0.25) is 0 Å². The SMILES string of the molecule is COC(=O)C=CC(F)(F)C(F)(C(F)(F)F)C(F)(F)F. The molecule has 0 aromatic heterocycles. The Morgan fingerprint density at radius 3 is 1.53 bits per heavy atom. The monoisotopic (exact) mass is 304 g/mol. The van der Waals surface area contributed by atoms with E-state index in [0.29, 0.717) is 7.11 Å². The molecule has 0 aliphatic rings. The second kappa shape index (κ2) is 4.93. The predicted molar refractivity (Wildman–Crippen MR) is 42.1 cm³/mol. The van der Waals surface area contributed by atoms with Crippen molar-refractivity contribution in [1.29, 1.82) is 0 Å². The Morgan fingerprint density at radius 1 is 0.895 bits per heavy atom. The molecule has 0 aliphatic carbocycles. The van der Waals surface area contributed by atoms with Crippen molar-refractivity contribution in [2.75, 3.05) is 7.11 Å². The Kier molecular flexibility index (Phi) is 4.56. The topological polar surface area (TPSA) is 26.3 Å². The molecule has 0 N–H and O–H groups in total. The van der Waals surface area contributed by atoms with E-state index in [4.69, 9.17) is 0 Å². The molecule has 0 aromatic carbocycles. The molecule has 0 atom stereocenters. The third kappa shape index (κ3) is 3.13. The number of allylic oxidation sites excluding steroid dienone is 1. The Morgan fingerprint density at radius 2 is 1.26 bits per heavy atom. The molecule has 2 nitrogen and oxygen atoms in total. The summed E-state index contributed by atoms with van der Waals surface area (Å²) < 4.78 is 114. The number of ether oxygens (including phenoxy) is 1. The Labute approximate surface area is 99.4 Å². The van der Waals surface area contributed by atoms with Gasteiger partial charge in [0.15, 0.2) is 0 Å². The number of methoxy groups -OCH3 is 1. The lowest BCUT2D eigenvalue weighted by Gasteiger charge is -2.34. The Hall–Kier alpha value is -1.42. The van der Waals surface area contributed by atoms with Crippen LogP contribution in [0.5, 0.6) is 0 Å². The fourth-order valence-electron chi connectivity index (χ4n) is 0.894. The molecule has 0 unspecified atom stereocenters. The molecule has 0 fully saturated rings. The van der Waals surface area contributed by atoms with Gasteiger partial charge in [-0.2, -0.15) is 35.1 Å². The summed E-state index contributed by atoms with van der Waals surface area (Å²) in [6.45, 7) is 0. The first-order valence-corrected chi connectivity index (χ1v) is 4.18. The summed E-state index contributed by atoms with van der Waals surface area (Å²) in [6.07, 6.45) is -15.5. The fourth-order valence-corrected chi connectivity index (χ4v) is 0.894. The first-order chi connectivity index (χ1) is 8.20. The largest absolute Gasteiger partial charge is 0.466 e. The number of hydrogen-bond acceptors (Lipinski definition) is 2. The molecular formula is C8H5F9O2. The lowest BCUT2D eigenvalue weighted by atomic mass is 9.95. The van der Waals surface area contributed by atoms with Gasteiger partial charge in [0, 0.05) is 6.08 Å². The average Bonchev–Trinajstić information content (AvgIpc) is 2.21. The molecule has 0 spiro atoms. The number of halogens is 9. The fraction of sp³-hybridized carbons (Fsp3) is 0.625. The summed E-state index contributed by atoms with van der Waals surface area (Å²) in [5.74, 6) is -7.72. The van der Waals surface area contributed by atoms with Crippen LogP contribution in [-0.4, -0.2) is 37.0 Å². The van der Waals surface area contributed by atoms with E-state index in [0.717, 1.165) is 0 Å². The van der Waals surface area contributed by atoms with Crippen LogP contribution in [-0.2, 0) is 9.53 Å². The van der Waals surface area contributed by atoms with E-state index in [1.807, 2.05) is 0 Å². The molecule has 11 heteroatoms. The highest BCUT2D eigenvalue weighted by Crippen LogP contribution is 2.54. The predicted octanol–water partition coefficient (Wildman–Crippen LogP) is 3.18. The third-order valence-corrected chi connectivity index (χ3v) is 1.87. The number of esters is 1. The number of hydrogen-bond donors (Lipinski definition) is 0. The standard InChI is InChI=1S/C8H5F9O2/c1-19-4(18)2-3-5(9,10)6(11,7(12,13)14)8(15,16)17/h2-3H,1H3. The quantitative estimate of drug-likeness (QED) is 0.455. The van der Waals surface area contributed by atoms with Crippen LogP contribution in [0.25, 0.3) is 0 Å². The van der Waals surface area contributed by atoms with E-state index in [1.165, 1.54) is 0 Å². The van der Waals surface area contributed by atoms with Crippen molar-refractivity contribution in [3.8, 4) is 0 Å². The molecule has 19 heavy (non-hydrogen) atoms. The van der Waals surface area contributed by atoms with Gasteiger partial charge in [0.1, 0.15) is 0 Å². The van der Waals surface area contributed by atoms with Crippen molar-refractivity contribution in [2.24, 2.45) is 0 Å². The van der Waals surface area contributed by atoms with Crippen LogP contribution < -0.4 is 0 Å². The normalized spacial score (nSPS) is 14.8. The smallest absolute Gasteiger partial charge is 0.438 e. The van der Waals surface area contributed by atoms with Crippen molar-refractivity contribution in [2.45, 2.75) is 23.9 Å². The van der Waals surface area contributed by atoms with Gasteiger partial charge in [0.05, 0.1) is 7.11 Å². The maximum Gasteiger partial charge on any atom is 0.438 e. The summed E-state index contributed by atoms with van der Waals surface area (Å²) >= 11 is 0. The van der Waals surface area contributed by atoms with Gasteiger partial charge in [-0.15, -0.1) is 0 Å². The lowest BCUT2D eigenvalue weighted by Crippen LogP contribution is -2.63. The zero-order valence-corrected chi connectivity index (χ0v) is 8.87. The molecule has 0 saturated heterocycles. The molecule has 0 heterocycles. The van der Waals surface area contributed by atoms with Crippen molar-refractivity contribution < 1.29 is 49.0 Å². The van der Waals surface area contributed by atoms with Crippen LogP contribution in [0.3, 0.4) is 0 Å². The Balaban J connectivity index is 5.77. The first-order valence-electron chi connectivity index (χ1n) is 4.18. The summed E-state index contributed by atoms with van der Waals surface area (Å²) in [5.41, 5.74) is -6.82. The van der Waals surface area contributed by atoms with Crippen LogP contribution in [0.2, 0.25) is 0 Å². The molecule has 0 aromatic rings. The zero-order chi connectivity index (χ0) is 15.7. The van der Waals surface area contributed by atoms with Gasteiger partial charge in [-0.25, -0.2) is 9.18 Å². The van der Waals surface area contributed by atoms with E-state index in [-0.39, 0.29) is 0 Å². The van der Waals surface area contributed by atoms with Crippen molar-refractivity contribution in [3.05, 3.63) is 12.2 Å². The van der Waals surface area contributed by atoms with Crippen molar-refractivity contribution in [3.63, 3.8) is 0 Å². The molecule has 0 aliphatic heterocycles. The van der Waals surface area contributed by atoms with Crippen LogP contribution in [0, 0.1) is 0 Å². The van der Waals surface area contributed by atoms with Gasteiger partial charge < -0.3 is 4.74 Å². The minimum absolute atomic E-state index is 0.439. The van der Waals surface area contributed by atoms with E-state index >= 15 is 0 Å².